The molecule has 0 atom stereocenters. The van der Waals surface area contributed by atoms with Gasteiger partial charge in [-0.3, -0.25) is 9.69 Å². The lowest BCUT2D eigenvalue weighted by molar-refractivity contribution is -0.123. The Morgan fingerprint density at radius 2 is 1.89 bits per heavy atom. The summed E-state index contributed by atoms with van der Waals surface area (Å²) >= 11 is 1.19. The van der Waals surface area contributed by atoms with Gasteiger partial charge in [-0.2, -0.15) is 0 Å². The highest BCUT2D eigenvalue weighted by atomic mass is 35.5. The van der Waals surface area contributed by atoms with E-state index in [1.165, 1.54) is 23.8 Å². The molecule has 150 valence electrons. The van der Waals surface area contributed by atoms with Gasteiger partial charge in [-0.25, -0.2) is 13.8 Å². The number of nitrogens with zero attached hydrogens (tertiary/aromatic N) is 3. The van der Waals surface area contributed by atoms with Crippen molar-refractivity contribution in [3.63, 3.8) is 0 Å². The number of carbonyl (C=O) groups is 1. The lowest BCUT2D eigenvalue weighted by Gasteiger charge is -2.28. The van der Waals surface area contributed by atoms with E-state index in [9.17, 15) is 13.6 Å². The van der Waals surface area contributed by atoms with Gasteiger partial charge in [-0.1, -0.05) is 30.6 Å². The van der Waals surface area contributed by atoms with E-state index in [4.69, 9.17) is 0 Å². The van der Waals surface area contributed by atoms with Gasteiger partial charge in [0.05, 0.1) is 4.70 Å². The van der Waals surface area contributed by atoms with Crippen molar-refractivity contribution in [2.75, 3.05) is 32.1 Å². The van der Waals surface area contributed by atoms with E-state index in [1.807, 2.05) is 14.1 Å². The quantitative estimate of drug-likeness (QED) is 0.673. The Bertz CT molecular complexity index is 778. The minimum atomic E-state index is -0.680. The van der Waals surface area contributed by atoms with Crippen LogP contribution in [0.15, 0.2) is 12.1 Å². The zero-order valence-electron chi connectivity index (χ0n) is 15.7. The smallest absolute Gasteiger partial charge is 0.231 e. The van der Waals surface area contributed by atoms with E-state index in [-0.39, 0.29) is 29.7 Å². The fourth-order valence-electron chi connectivity index (χ4n) is 3.48. The van der Waals surface area contributed by atoms with E-state index in [1.54, 1.807) is 4.90 Å². The third kappa shape index (κ3) is 5.36. The Morgan fingerprint density at radius 1 is 1.19 bits per heavy atom. The first-order valence-corrected chi connectivity index (χ1v) is 9.99. The molecule has 3 rings (SSSR count). The number of amides is 1. The highest BCUT2D eigenvalue weighted by Crippen LogP contribution is 2.34. The zero-order valence-corrected chi connectivity index (χ0v) is 17.3. The number of aromatic nitrogens is 1. The van der Waals surface area contributed by atoms with Crippen molar-refractivity contribution in [2.24, 2.45) is 5.92 Å². The Kier molecular flexibility index (Phi) is 7.94. The number of fused-ring (bicyclic) bond motifs is 1. The molecule has 0 bridgehead atoms. The molecule has 27 heavy (non-hydrogen) atoms. The molecule has 1 aromatic heterocycles. The van der Waals surface area contributed by atoms with E-state index >= 15 is 0 Å². The Balaban J connectivity index is 0.00000261. The van der Waals surface area contributed by atoms with Crippen LogP contribution >= 0.6 is 23.7 Å². The van der Waals surface area contributed by atoms with Crippen molar-refractivity contribution in [1.82, 2.24) is 9.88 Å². The molecule has 1 heterocycles. The summed E-state index contributed by atoms with van der Waals surface area (Å²) in [6.07, 6.45) is 5.92. The first-order chi connectivity index (χ1) is 12.5. The maximum absolute atomic E-state index is 14.0. The van der Waals surface area contributed by atoms with Crippen molar-refractivity contribution < 1.29 is 13.6 Å². The maximum atomic E-state index is 14.0. The standard InChI is InChI=1S/C19H25F2N3OS.ClH/c1-23(2)9-6-10-24(18(25)13-7-4-3-5-8-13)19-22-17-15(21)11-14(20)12-16(17)26-19;/h11-13H,3-10H2,1-2H3;1H. The van der Waals surface area contributed by atoms with Gasteiger partial charge < -0.3 is 4.90 Å². The van der Waals surface area contributed by atoms with Crippen LogP contribution in [-0.2, 0) is 4.79 Å². The van der Waals surface area contributed by atoms with Crippen molar-refractivity contribution in [2.45, 2.75) is 38.5 Å². The van der Waals surface area contributed by atoms with Gasteiger partial charge in [0.25, 0.3) is 0 Å². The number of anilines is 1. The molecular formula is C19H26ClF2N3OS. The lowest BCUT2D eigenvalue weighted by Crippen LogP contribution is -2.38. The predicted octanol–water partition coefficient (Wildman–Crippen LogP) is 4.86. The predicted molar refractivity (Wildman–Crippen MR) is 109 cm³/mol. The lowest BCUT2D eigenvalue weighted by atomic mass is 9.88. The van der Waals surface area contributed by atoms with E-state index in [0.29, 0.717) is 16.4 Å². The van der Waals surface area contributed by atoms with Crippen LogP contribution in [-0.4, -0.2) is 43.0 Å². The molecular weight excluding hydrogens is 392 g/mol. The molecule has 0 radical (unpaired) electrons. The van der Waals surface area contributed by atoms with Crippen LogP contribution in [0, 0.1) is 17.6 Å². The van der Waals surface area contributed by atoms with Crippen LogP contribution in [0.4, 0.5) is 13.9 Å². The van der Waals surface area contributed by atoms with Gasteiger partial charge in [0.2, 0.25) is 5.91 Å². The molecule has 1 saturated carbocycles. The van der Waals surface area contributed by atoms with Crippen LogP contribution in [0.25, 0.3) is 10.2 Å². The van der Waals surface area contributed by atoms with Gasteiger partial charge >= 0.3 is 0 Å². The number of carbonyl (C=O) groups excluding carboxylic acids is 1. The van der Waals surface area contributed by atoms with Crippen LogP contribution < -0.4 is 4.90 Å². The van der Waals surface area contributed by atoms with E-state index < -0.39 is 11.6 Å². The molecule has 0 unspecified atom stereocenters. The van der Waals surface area contributed by atoms with Crippen molar-refractivity contribution >= 4 is 45.0 Å². The largest absolute Gasteiger partial charge is 0.309 e. The number of hydrogen-bond acceptors (Lipinski definition) is 4. The van der Waals surface area contributed by atoms with Gasteiger partial charge in [-0.15, -0.1) is 12.4 Å². The third-order valence-electron chi connectivity index (χ3n) is 4.84. The van der Waals surface area contributed by atoms with Gasteiger partial charge in [0.15, 0.2) is 10.9 Å². The summed E-state index contributed by atoms with van der Waals surface area (Å²) in [6, 6.07) is 2.12. The molecule has 4 nitrogen and oxygen atoms in total. The van der Waals surface area contributed by atoms with Gasteiger partial charge in [-0.05, 0) is 46.0 Å². The molecule has 1 amide bonds. The molecule has 2 aromatic rings. The summed E-state index contributed by atoms with van der Waals surface area (Å²) < 4.78 is 28.0. The molecule has 1 aliphatic rings. The van der Waals surface area contributed by atoms with Crippen molar-refractivity contribution in [1.29, 1.82) is 0 Å². The third-order valence-corrected chi connectivity index (χ3v) is 5.87. The highest BCUT2D eigenvalue weighted by Gasteiger charge is 2.29. The fraction of sp³-hybridized carbons (Fsp3) is 0.579. The summed E-state index contributed by atoms with van der Waals surface area (Å²) in [6.45, 7) is 1.39. The van der Waals surface area contributed by atoms with E-state index in [2.05, 4.69) is 9.88 Å². The zero-order chi connectivity index (χ0) is 18.7. The molecule has 0 N–H and O–H groups in total. The first kappa shape index (κ1) is 22.0. The summed E-state index contributed by atoms with van der Waals surface area (Å²) in [5.41, 5.74) is 0.139. The topological polar surface area (TPSA) is 36.4 Å². The highest BCUT2D eigenvalue weighted by molar-refractivity contribution is 7.22. The van der Waals surface area contributed by atoms with E-state index in [0.717, 1.165) is 44.7 Å². The van der Waals surface area contributed by atoms with Crippen LogP contribution in [0.3, 0.4) is 0 Å². The van der Waals surface area contributed by atoms with Gasteiger partial charge in [0, 0.05) is 18.5 Å². The van der Waals surface area contributed by atoms with Gasteiger partial charge in [0.1, 0.15) is 11.3 Å². The van der Waals surface area contributed by atoms with Crippen molar-refractivity contribution in [3.8, 4) is 0 Å². The summed E-state index contributed by atoms with van der Waals surface area (Å²) in [7, 11) is 3.98. The second-order valence-electron chi connectivity index (χ2n) is 7.21. The first-order valence-electron chi connectivity index (χ1n) is 9.17. The average molecular weight is 418 g/mol. The number of halogens is 3. The normalized spacial score (nSPS) is 15.1. The SMILES string of the molecule is CN(C)CCCN(C(=O)C1CCCCC1)c1nc2c(F)cc(F)cc2s1.Cl. The second-order valence-corrected chi connectivity index (χ2v) is 8.22. The molecule has 1 aliphatic carbocycles. The monoisotopic (exact) mass is 417 g/mol. The molecule has 8 heteroatoms. The average Bonchev–Trinajstić information content (AvgIpc) is 3.02. The fourth-order valence-corrected chi connectivity index (χ4v) is 4.51. The molecule has 1 fully saturated rings. The summed E-state index contributed by atoms with van der Waals surface area (Å²) in [5.74, 6) is -1.22. The Labute approximate surface area is 169 Å². The number of rotatable bonds is 6. The number of thiazole rings is 1. The Hall–Kier alpha value is -1.31. The second kappa shape index (κ2) is 9.75. The summed E-state index contributed by atoms with van der Waals surface area (Å²) in [5, 5.41) is 0.471. The minimum absolute atomic E-state index is 0. The maximum Gasteiger partial charge on any atom is 0.231 e. The Morgan fingerprint density at radius 3 is 2.56 bits per heavy atom. The van der Waals surface area contributed by atoms with Crippen molar-refractivity contribution in [3.05, 3.63) is 23.8 Å². The van der Waals surface area contributed by atoms with Crippen LogP contribution in [0.5, 0.6) is 0 Å². The van der Waals surface area contributed by atoms with Crippen LogP contribution in [0.1, 0.15) is 38.5 Å². The number of hydrogen-bond donors (Lipinski definition) is 0. The van der Waals surface area contributed by atoms with Crippen LogP contribution in [0.2, 0.25) is 0 Å². The minimum Gasteiger partial charge on any atom is -0.309 e. The molecule has 1 aromatic carbocycles. The molecule has 0 aliphatic heterocycles. The molecule has 0 saturated heterocycles. The molecule has 0 spiro atoms. The summed E-state index contributed by atoms with van der Waals surface area (Å²) in [4.78, 5) is 21.2. The number of benzene rings is 1.